The number of anilines is 1. The Hall–Kier alpha value is -1.97. The minimum atomic E-state index is 0.647. The van der Waals surface area contributed by atoms with Crippen LogP contribution in [0.15, 0.2) is 30.6 Å². The highest BCUT2D eigenvalue weighted by molar-refractivity contribution is 5.69. The van der Waals surface area contributed by atoms with E-state index in [1.165, 1.54) is 0 Å². The van der Waals surface area contributed by atoms with E-state index in [2.05, 4.69) is 12.0 Å². The molecule has 0 fully saturated rings. The van der Waals surface area contributed by atoms with E-state index in [9.17, 15) is 0 Å². The molecule has 0 aliphatic carbocycles. The highest BCUT2D eigenvalue weighted by Gasteiger charge is 2.05. The maximum atomic E-state index is 5.88. The number of nitrogen functional groups attached to an aromatic ring is 1. The van der Waals surface area contributed by atoms with Gasteiger partial charge in [-0.25, -0.2) is 0 Å². The SMILES string of the molecule is CCCn1cc(-c2ccc(OC)c(N)c2)cn1. The predicted molar refractivity (Wildman–Crippen MR) is 68.9 cm³/mol. The molecule has 0 saturated heterocycles. The van der Waals surface area contributed by atoms with E-state index in [4.69, 9.17) is 10.5 Å². The molecule has 1 aromatic carbocycles. The number of nitrogens with two attached hydrogens (primary N) is 1. The van der Waals surface area contributed by atoms with Crippen LogP contribution in [0.3, 0.4) is 0 Å². The molecule has 17 heavy (non-hydrogen) atoms. The Labute approximate surface area is 101 Å². The van der Waals surface area contributed by atoms with Gasteiger partial charge in [0.25, 0.3) is 0 Å². The molecule has 0 radical (unpaired) electrons. The summed E-state index contributed by atoms with van der Waals surface area (Å²) in [6.07, 6.45) is 4.97. The van der Waals surface area contributed by atoms with E-state index >= 15 is 0 Å². The van der Waals surface area contributed by atoms with Gasteiger partial charge in [-0.15, -0.1) is 0 Å². The molecule has 4 heteroatoms. The number of nitrogens with zero attached hydrogens (tertiary/aromatic N) is 2. The third-order valence-corrected chi connectivity index (χ3v) is 2.65. The molecule has 0 spiro atoms. The van der Waals surface area contributed by atoms with Gasteiger partial charge in [-0.1, -0.05) is 13.0 Å². The van der Waals surface area contributed by atoms with Crippen molar-refractivity contribution in [3.8, 4) is 16.9 Å². The number of rotatable bonds is 4. The zero-order valence-corrected chi connectivity index (χ0v) is 10.2. The summed E-state index contributed by atoms with van der Waals surface area (Å²) in [7, 11) is 1.62. The van der Waals surface area contributed by atoms with Crippen molar-refractivity contribution >= 4 is 5.69 Å². The zero-order valence-electron chi connectivity index (χ0n) is 10.2. The van der Waals surface area contributed by atoms with Crippen LogP contribution in [0, 0.1) is 0 Å². The van der Waals surface area contributed by atoms with Crippen LogP contribution in [-0.2, 0) is 6.54 Å². The molecule has 90 valence electrons. The standard InChI is InChI=1S/C13H17N3O/c1-3-6-16-9-11(8-15-16)10-4-5-13(17-2)12(14)7-10/h4-5,7-9H,3,6,14H2,1-2H3. The van der Waals surface area contributed by atoms with E-state index < -0.39 is 0 Å². The van der Waals surface area contributed by atoms with Crippen LogP contribution in [0.4, 0.5) is 5.69 Å². The molecular weight excluding hydrogens is 214 g/mol. The van der Waals surface area contributed by atoms with Crippen LogP contribution < -0.4 is 10.5 Å². The highest BCUT2D eigenvalue weighted by atomic mass is 16.5. The lowest BCUT2D eigenvalue weighted by Crippen LogP contribution is -1.95. The molecule has 1 heterocycles. The van der Waals surface area contributed by atoms with Crippen molar-refractivity contribution in [1.82, 2.24) is 9.78 Å². The monoisotopic (exact) mass is 231 g/mol. The molecular formula is C13H17N3O. The molecule has 0 saturated carbocycles. The molecule has 0 aliphatic rings. The molecule has 0 atom stereocenters. The summed E-state index contributed by atoms with van der Waals surface area (Å²) < 4.78 is 7.07. The summed E-state index contributed by atoms with van der Waals surface area (Å²) in [6, 6.07) is 5.77. The average Bonchev–Trinajstić information content (AvgIpc) is 2.78. The zero-order chi connectivity index (χ0) is 12.3. The van der Waals surface area contributed by atoms with Crippen molar-refractivity contribution in [1.29, 1.82) is 0 Å². The van der Waals surface area contributed by atoms with E-state index in [0.717, 1.165) is 24.1 Å². The lowest BCUT2D eigenvalue weighted by Gasteiger charge is -2.05. The van der Waals surface area contributed by atoms with Crippen LogP contribution in [-0.4, -0.2) is 16.9 Å². The number of methoxy groups -OCH3 is 1. The molecule has 0 unspecified atom stereocenters. The number of hydrogen-bond acceptors (Lipinski definition) is 3. The summed E-state index contributed by atoms with van der Waals surface area (Å²) in [5, 5.41) is 4.30. The Balaban J connectivity index is 2.29. The minimum Gasteiger partial charge on any atom is -0.495 e. The lowest BCUT2D eigenvalue weighted by atomic mass is 10.1. The molecule has 2 N–H and O–H groups in total. The molecule has 1 aromatic heterocycles. The van der Waals surface area contributed by atoms with E-state index in [1.54, 1.807) is 7.11 Å². The van der Waals surface area contributed by atoms with Gasteiger partial charge in [-0.3, -0.25) is 4.68 Å². The van der Waals surface area contributed by atoms with Crippen molar-refractivity contribution in [3.05, 3.63) is 30.6 Å². The third-order valence-electron chi connectivity index (χ3n) is 2.65. The summed E-state index contributed by atoms with van der Waals surface area (Å²) in [5.74, 6) is 0.703. The van der Waals surface area contributed by atoms with Gasteiger partial charge in [0.2, 0.25) is 0 Å². The van der Waals surface area contributed by atoms with E-state index in [-0.39, 0.29) is 0 Å². The molecule has 4 nitrogen and oxygen atoms in total. The Morgan fingerprint density at radius 2 is 2.18 bits per heavy atom. The first-order valence-electron chi connectivity index (χ1n) is 5.71. The number of benzene rings is 1. The Kier molecular flexibility index (Phi) is 3.32. The molecule has 0 aliphatic heterocycles. The van der Waals surface area contributed by atoms with E-state index in [1.807, 2.05) is 35.3 Å². The topological polar surface area (TPSA) is 53.1 Å². The summed E-state index contributed by atoms with van der Waals surface area (Å²) in [6.45, 7) is 3.07. The van der Waals surface area contributed by atoms with Gasteiger partial charge in [-0.2, -0.15) is 5.10 Å². The van der Waals surface area contributed by atoms with Crippen LogP contribution in [0.1, 0.15) is 13.3 Å². The van der Waals surface area contributed by atoms with Gasteiger partial charge < -0.3 is 10.5 Å². The normalized spacial score (nSPS) is 10.5. The fraction of sp³-hybridized carbons (Fsp3) is 0.308. The van der Waals surface area contributed by atoms with Crippen molar-refractivity contribution in [2.45, 2.75) is 19.9 Å². The minimum absolute atomic E-state index is 0.647. The van der Waals surface area contributed by atoms with Crippen molar-refractivity contribution in [2.75, 3.05) is 12.8 Å². The summed E-state index contributed by atoms with van der Waals surface area (Å²) in [5.41, 5.74) is 8.67. The Morgan fingerprint density at radius 3 is 2.82 bits per heavy atom. The number of hydrogen-bond donors (Lipinski definition) is 1. The lowest BCUT2D eigenvalue weighted by molar-refractivity contribution is 0.417. The first-order valence-corrected chi connectivity index (χ1v) is 5.71. The van der Waals surface area contributed by atoms with Gasteiger partial charge in [0.1, 0.15) is 5.75 Å². The van der Waals surface area contributed by atoms with Gasteiger partial charge in [0.15, 0.2) is 0 Å². The maximum absolute atomic E-state index is 5.88. The van der Waals surface area contributed by atoms with Gasteiger partial charge in [0.05, 0.1) is 19.0 Å². The Bertz CT molecular complexity index is 505. The third kappa shape index (κ3) is 2.41. The van der Waals surface area contributed by atoms with Crippen LogP contribution >= 0.6 is 0 Å². The maximum Gasteiger partial charge on any atom is 0.141 e. The fourth-order valence-electron chi connectivity index (χ4n) is 1.78. The molecule has 0 bridgehead atoms. The van der Waals surface area contributed by atoms with Crippen LogP contribution in [0.25, 0.3) is 11.1 Å². The molecule has 2 aromatic rings. The second-order valence-corrected chi connectivity index (χ2v) is 3.95. The predicted octanol–water partition coefficient (Wildman–Crippen LogP) is 2.55. The number of aromatic nitrogens is 2. The first kappa shape index (κ1) is 11.5. The quantitative estimate of drug-likeness (QED) is 0.823. The van der Waals surface area contributed by atoms with Gasteiger partial charge in [-0.05, 0) is 24.1 Å². The summed E-state index contributed by atoms with van der Waals surface area (Å²) >= 11 is 0. The van der Waals surface area contributed by atoms with Gasteiger partial charge >= 0.3 is 0 Å². The largest absolute Gasteiger partial charge is 0.495 e. The Morgan fingerprint density at radius 1 is 1.35 bits per heavy atom. The first-order chi connectivity index (χ1) is 8.24. The average molecular weight is 231 g/mol. The van der Waals surface area contributed by atoms with Crippen molar-refractivity contribution in [3.63, 3.8) is 0 Å². The highest BCUT2D eigenvalue weighted by Crippen LogP contribution is 2.27. The van der Waals surface area contributed by atoms with Crippen molar-refractivity contribution < 1.29 is 4.74 Å². The molecule has 2 rings (SSSR count). The smallest absolute Gasteiger partial charge is 0.141 e. The number of ether oxygens (including phenoxy) is 1. The van der Waals surface area contributed by atoms with E-state index in [0.29, 0.717) is 11.4 Å². The van der Waals surface area contributed by atoms with Crippen molar-refractivity contribution in [2.24, 2.45) is 0 Å². The second kappa shape index (κ2) is 4.91. The second-order valence-electron chi connectivity index (χ2n) is 3.95. The molecule has 0 amide bonds. The van der Waals surface area contributed by atoms with Gasteiger partial charge in [0, 0.05) is 18.3 Å². The van der Waals surface area contributed by atoms with Crippen LogP contribution in [0.2, 0.25) is 0 Å². The van der Waals surface area contributed by atoms with Crippen LogP contribution in [0.5, 0.6) is 5.75 Å². The fourth-order valence-corrected chi connectivity index (χ4v) is 1.78. The summed E-state index contributed by atoms with van der Waals surface area (Å²) in [4.78, 5) is 0. The number of aryl methyl sites for hydroxylation is 1.